The van der Waals surface area contributed by atoms with Gasteiger partial charge in [-0.2, -0.15) is 0 Å². The molecule has 22 nitrogen and oxygen atoms in total. The summed E-state index contributed by atoms with van der Waals surface area (Å²) in [6.45, 7) is 8.08. The van der Waals surface area contributed by atoms with Gasteiger partial charge in [-0.15, -0.1) is 6.58 Å². The third-order valence-corrected chi connectivity index (χ3v) is 27.0. The Morgan fingerprint density at radius 2 is 0.678 bits per heavy atom. The molecule has 16 aromatic rings. The number of carbonyl (C=O) groups is 10. The van der Waals surface area contributed by atoms with Gasteiger partial charge in [0.2, 0.25) is 34.7 Å². The second-order valence-electron chi connectivity index (χ2n) is 32.1. The van der Waals surface area contributed by atoms with E-state index in [4.69, 9.17) is 28.6 Å². The molecule has 0 saturated heterocycles. The van der Waals surface area contributed by atoms with Crippen LogP contribution in [0.5, 0.6) is 0 Å². The molecule has 146 heavy (non-hydrogen) atoms. The van der Waals surface area contributed by atoms with Crippen LogP contribution < -0.4 is 0 Å². The number of nitrogens with one attached hydrogen (secondary N) is 1. The maximum Gasteiger partial charge on any atom is 0.400 e. The molecule has 0 aliphatic heterocycles. The molecular formula is C118H97BrN6O16S5. The molecule has 28 heteroatoms. The third-order valence-electron chi connectivity index (χ3n) is 21.5. The quantitative estimate of drug-likeness (QED) is 0.00963. The first-order valence-electron chi connectivity index (χ1n) is 46.2. The van der Waals surface area contributed by atoms with Gasteiger partial charge in [-0.05, 0) is 252 Å². The smallest absolute Gasteiger partial charge is 0.400 e. The number of Topliss-reactive ketones (excluding diaryl/α,β-unsaturated/α-hetero) is 5. The number of aromatic nitrogens is 1. The number of nitrogens with zero attached hydrogens (tertiary/aromatic N) is 5. The average Bonchev–Trinajstić information content (AvgIpc) is 1.75. The van der Waals surface area contributed by atoms with Gasteiger partial charge in [-0.25, -0.2) is 24.0 Å². The molecule has 1 saturated carbocycles. The molecular weight excluding hydrogens is 2000 g/mol. The van der Waals surface area contributed by atoms with Crippen LogP contribution >= 0.6 is 74.7 Å². The largest absolute Gasteiger partial charge is 0.449 e. The lowest BCUT2D eigenvalue weighted by molar-refractivity contribution is -0.144. The van der Waals surface area contributed by atoms with Gasteiger partial charge in [0.15, 0.2) is 5.71 Å². The van der Waals surface area contributed by atoms with Crippen LogP contribution in [-0.2, 0) is 33.8 Å². The minimum absolute atomic E-state index is 0.0122. The first-order chi connectivity index (χ1) is 71.2. The van der Waals surface area contributed by atoms with Crippen molar-refractivity contribution in [2.75, 3.05) is 5.33 Å². The fourth-order valence-corrected chi connectivity index (χ4v) is 18.5. The van der Waals surface area contributed by atoms with Gasteiger partial charge in [-0.3, -0.25) is 24.0 Å². The van der Waals surface area contributed by atoms with Crippen molar-refractivity contribution in [2.24, 2.45) is 31.7 Å². The Kier molecular flexibility index (Phi) is 41.9. The van der Waals surface area contributed by atoms with E-state index in [0.29, 0.717) is 67.6 Å². The summed E-state index contributed by atoms with van der Waals surface area (Å²) in [6.07, 6.45) is 9.11. The van der Waals surface area contributed by atoms with E-state index in [2.05, 4.69) is 65.4 Å². The van der Waals surface area contributed by atoms with E-state index in [1.165, 1.54) is 20.8 Å². The molecule has 1 aliphatic carbocycles. The Morgan fingerprint density at radius 3 is 1.09 bits per heavy atom. The number of para-hydroxylation sites is 2. The molecule has 0 unspecified atom stereocenters. The summed E-state index contributed by atoms with van der Waals surface area (Å²) in [5.74, 6) is -4.23. The average molecular weight is 2100 g/mol. The Hall–Kier alpha value is -15.8. The van der Waals surface area contributed by atoms with Crippen LogP contribution in [0.25, 0.3) is 21.9 Å². The third kappa shape index (κ3) is 33.4. The second kappa shape index (κ2) is 56.9. The number of hydrogen-bond donors (Lipinski definition) is 1. The summed E-state index contributed by atoms with van der Waals surface area (Å²) in [6, 6.07) is 121. The molecule has 17 rings (SSSR count). The van der Waals surface area contributed by atoms with Gasteiger partial charge in [-0.1, -0.05) is 302 Å². The summed E-state index contributed by atoms with van der Waals surface area (Å²) < 4.78 is 5.44. The SMILES string of the molecule is C/C(=N\OC(=O)c1c[nH]c2ccccc12)C(=O)c1ccc(Sc2ccccc2)cc1.C/C(=N\OC(=O)c1cc2ccccc2o1)C(=O)c1ccc(Sc2ccccc2)cc1.C=CCCC(=O)O/N=C(\C)C(=O)c1ccc(Sc2ccccc2)cc1.O=C(CCBr)O/N=C(/C(=O)c1ccc(Sc2ccccc2)cc1)c1ccccc1.O=C(O/N=C(/C(=O)c1ccc(Sc2ccccc2)cc1)C1CCCCC1)c1ccccc1. The summed E-state index contributed by atoms with van der Waals surface area (Å²) in [4.78, 5) is 162. The molecule has 14 aromatic carbocycles. The topological polar surface area (TPSA) is 308 Å². The highest BCUT2D eigenvalue weighted by Gasteiger charge is 2.29. The Labute approximate surface area is 874 Å². The van der Waals surface area contributed by atoms with Gasteiger partial charge in [0.25, 0.3) is 0 Å². The zero-order chi connectivity index (χ0) is 103. The van der Waals surface area contributed by atoms with Crippen molar-refractivity contribution in [1.82, 2.24) is 4.98 Å². The van der Waals surface area contributed by atoms with Crippen molar-refractivity contribution in [1.29, 1.82) is 0 Å². The van der Waals surface area contributed by atoms with E-state index >= 15 is 0 Å². The number of ketones is 5. The minimum Gasteiger partial charge on any atom is -0.449 e. The van der Waals surface area contributed by atoms with E-state index in [-0.39, 0.29) is 76.3 Å². The van der Waals surface area contributed by atoms with Crippen molar-refractivity contribution in [3.05, 3.63) is 457 Å². The molecule has 0 amide bonds. The highest BCUT2D eigenvalue weighted by molar-refractivity contribution is 9.09. The first kappa shape index (κ1) is 107. The monoisotopic (exact) mass is 2090 g/mol. The van der Waals surface area contributed by atoms with Crippen molar-refractivity contribution >= 4 is 184 Å². The van der Waals surface area contributed by atoms with E-state index in [1.807, 2.05) is 267 Å². The van der Waals surface area contributed by atoms with Crippen molar-refractivity contribution in [3.8, 4) is 0 Å². The summed E-state index contributed by atoms with van der Waals surface area (Å²) in [5, 5.41) is 21.0. The summed E-state index contributed by atoms with van der Waals surface area (Å²) in [7, 11) is 0. The molecule has 1 fully saturated rings. The number of H-pyrrole nitrogens is 1. The van der Waals surface area contributed by atoms with Crippen LogP contribution in [0.2, 0.25) is 0 Å². The number of oxime groups is 5. The molecule has 0 radical (unpaired) electrons. The number of hydrogen-bond acceptors (Lipinski definition) is 26. The fourth-order valence-electron chi connectivity index (χ4n) is 14.0. The lowest BCUT2D eigenvalue weighted by Gasteiger charge is -2.22. The molecule has 1 aliphatic rings. The molecule has 0 atom stereocenters. The zero-order valence-electron chi connectivity index (χ0n) is 79.4. The fraction of sp³-hybridized carbons (Fsp3) is 0.110. The highest BCUT2D eigenvalue weighted by atomic mass is 79.9. The van der Waals surface area contributed by atoms with Crippen LogP contribution in [0.4, 0.5) is 0 Å². The maximum atomic E-state index is 13.3. The van der Waals surface area contributed by atoms with Crippen molar-refractivity contribution < 1.29 is 76.6 Å². The highest BCUT2D eigenvalue weighted by Crippen LogP contribution is 2.35. The van der Waals surface area contributed by atoms with E-state index < -0.39 is 29.8 Å². The predicted octanol–water partition coefficient (Wildman–Crippen LogP) is 29.2. The normalized spacial score (nSPS) is 12.0. The Bertz CT molecular complexity index is 7260. The van der Waals surface area contributed by atoms with Crippen molar-refractivity contribution in [3.63, 3.8) is 0 Å². The maximum absolute atomic E-state index is 13.3. The van der Waals surface area contributed by atoms with E-state index in [1.54, 1.807) is 180 Å². The standard InChI is InChI=1S/C27H25NO3S.C24H18N2O3S.C24H17NO4S.C23H18BrNO3S.C20H19NO3S/c29-26(21-16-18-24(19-17-21)32-23-14-8-3-9-15-23)25(20-10-4-1-5-11-20)28-31-27(30)22-12-6-2-7-13-22;1-16(26-29-24(28)21-15-25-22-10-6-5-9-20(21)22)23(27)17-11-13-19(14-12-17)30-18-7-3-2-4-8-18;1-16(25-29-24(27)22-15-18-7-5-6-10-21(18)28-22)23(26)17-11-13-20(14-12-17)30-19-8-3-2-4-9-19;24-16-15-21(26)28-25-22(17-7-3-1-4-8-17)23(27)18-11-13-20(14-12-18)29-19-9-5-2-6-10-19;1-3-4-10-19(22)24-21-15(2)20(23)16-11-13-18(14-12-16)25-17-8-6-5-7-9-17/h2-3,6-9,12-20H,1,4-5,10-11H2;2-15,25H,1H3;2-15H,1H3;1-14H,15-16H2;3,5-9,11-14H,1,4,10H2,2H3/b28-25+;26-16+;25-16+;25-22+;21-15+. The molecule has 2 aromatic heterocycles. The Morgan fingerprint density at radius 1 is 0.342 bits per heavy atom. The van der Waals surface area contributed by atoms with Gasteiger partial charge in [0, 0.05) is 116 Å². The van der Waals surface area contributed by atoms with Gasteiger partial charge < -0.3 is 33.6 Å². The number of furan rings is 1. The lowest BCUT2D eigenvalue weighted by atomic mass is 9.83. The zero-order valence-corrected chi connectivity index (χ0v) is 85.1. The van der Waals surface area contributed by atoms with Gasteiger partial charge >= 0.3 is 29.8 Å². The second-order valence-corrected chi connectivity index (χ2v) is 38.6. The number of alkyl halides is 1. The van der Waals surface area contributed by atoms with Crippen molar-refractivity contribution in [2.45, 2.75) is 121 Å². The van der Waals surface area contributed by atoms with E-state index in [9.17, 15) is 47.9 Å². The van der Waals surface area contributed by atoms with Crippen LogP contribution in [0, 0.1) is 5.92 Å². The summed E-state index contributed by atoms with van der Waals surface area (Å²) >= 11 is 11.3. The number of halogens is 1. The van der Waals surface area contributed by atoms with Crippen LogP contribution in [0.15, 0.2) is 486 Å². The van der Waals surface area contributed by atoms with Crippen LogP contribution in [0.3, 0.4) is 0 Å². The van der Waals surface area contributed by atoms with Gasteiger partial charge in [0.05, 0.1) is 24.0 Å². The Balaban J connectivity index is 0.000000153. The minimum atomic E-state index is -0.757. The lowest BCUT2D eigenvalue weighted by Crippen LogP contribution is -2.27. The number of aromatic amines is 1. The van der Waals surface area contributed by atoms with Gasteiger partial charge in [0.1, 0.15) is 28.4 Å². The first-order valence-corrected chi connectivity index (χ1v) is 51.4. The molecule has 1 N–H and O–H groups in total. The number of carbonyl (C=O) groups excluding carboxylic acids is 10. The van der Waals surface area contributed by atoms with Crippen LogP contribution in [-0.4, -0.2) is 97.6 Å². The predicted molar refractivity (Wildman–Crippen MR) is 580 cm³/mol. The van der Waals surface area contributed by atoms with E-state index in [0.717, 1.165) is 97.3 Å². The number of benzene rings is 14. The molecule has 0 spiro atoms. The molecule has 732 valence electrons. The number of allylic oxidation sites excluding steroid dienone is 1. The summed E-state index contributed by atoms with van der Waals surface area (Å²) in [5.41, 5.74) is 6.01. The van der Waals surface area contributed by atoms with Crippen LogP contribution in [0.1, 0.15) is 161 Å². The number of rotatable bonds is 35. The molecule has 0 bridgehead atoms. The molecule has 2 heterocycles. The number of fused-ring (bicyclic) bond motifs is 2.